The molecule has 1 aliphatic heterocycles. The number of cyclic esters (lactones) is 1. The Morgan fingerprint density at radius 3 is 3.07 bits per heavy atom. The lowest BCUT2D eigenvalue weighted by atomic mass is 10.2. The first-order chi connectivity index (χ1) is 7.13. The van der Waals surface area contributed by atoms with Crippen LogP contribution in [0, 0.1) is 0 Å². The molecule has 1 rings (SSSR count). The molecule has 86 valence electrons. The minimum Gasteiger partial charge on any atom is -0.481 e. The van der Waals surface area contributed by atoms with Gasteiger partial charge >= 0.3 is 12.1 Å². The lowest BCUT2D eigenvalue weighted by molar-refractivity contribution is -0.137. The predicted octanol–water partition coefficient (Wildman–Crippen LogP) is 0.318. The molecule has 1 saturated heterocycles. The van der Waals surface area contributed by atoms with Crippen molar-refractivity contribution in [3.8, 4) is 0 Å². The van der Waals surface area contributed by atoms with Crippen molar-refractivity contribution in [2.75, 3.05) is 26.8 Å². The number of amides is 1. The Balaban J connectivity index is 2.28. The maximum Gasteiger partial charge on any atom is 0.410 e. The summed E-state index contributed by atoms with van der Waals surface area (Å²) >= 11 is 0. The molecule has 15 heavy (non-hydrogen) atoms. The minimum absolute atomic E-state index is 0.0239. The number of hydrogen-bond acceptors (Lipinski definition) is 4. The molecule has 1 unspecified atom stereocenters. The molecule has 1 N–H and O–H groups in total. The van der Waals surface area contributed by atoms with Gasteiger partial charge in [-0.05, 0) is 6.42 Å². The van der Waals surface area contributed by atoms with E-state index >= 15 is 0 Å². The van der Waals surface area contributed by atoms with Gasteiger partial charge in [0.2, 0.25) is 0 Å². The summed E-state index contributed by atoms with van der Waals surface area (Å²) < 4.78 is 9.83. The molecule has 0 saturated carbocycles. The van der Waals surface area contributed by atoms with E-state index in [0.717, 1.165) is 0 Å². The molecule has 0 aromatic heterocycles. The molecule has 6 nitrogen and oxygen atoms in total. The molecule has 0 spiro atoms. The molecular formula is C9H15NO5. The number of methoxy groups -OCH3 is 1. The largest absolute Gasteiger partial charge is 0.481 e. The topological polar surface area (TPSA) is 76.1 Å². The van der Waals surface area contributed by atoms with Crippen molar-refractivity contribution in [2.24, 2.45) is 0 Å². The highest BCUT2D eigenvalue weighted by molar-refractivity contribution is 5.70. The van der Waals surface area contributed by atoms with E-state index in [9.17, 15) is 9.59 Å². The van der Waals surface area contributed by atoms with Gasteiger partial charge in [0.25, 0.3) is 0 Å². The third-order valence-corrected chi connectivity index (χ3v) is 2.20. The first-order valence-corrected chi connectivity index (χ1v) is 4.79. The van der Waals surface area contributed by atoms with Crippen molar-refractivity contribution < 1.29 is 24.2 Å². The van der Waals surface area contributed by atoms with Gasteiger partial charge in [0.05, 0.1) is 13.2 Å². The second kappa shape index (κ2) is 5.55. The maximum absolute atomic E-state index is 11.2. The second-order valence-electron chi connectivity index (χ2n) is 3.38. The van der Waals surface area contributed by atoms with E-state index in [-0.39, 0.29) is 18.6 Å². The smallest absolute Gasteiger partial charge is 0.410 e. The van der Waals surface area contributed by atoms with E-state index in [1.165, 1.54) is 4.90 Å². The van der Waals surface area contributed by atoms with Crippen LogP contribution >= 0.6 is 0 Å². The second-order valence-corrected chi connectivity index (χ2v) is 3.38. The van der Waals surface area contributed by atoms with Crippen LogP contribution in [-0.4, -0.2) is 55.0 Å². The third kappa shape index (κ3) is 3.75. The normalized spacial score (nSPS) is 20.5. The molecule has 0 radical (unpaired) electrons. The van der Waals surface area contributed by atoms with E-state index < -0.39 is 5.97 Å². The zero-order valence-corrected chi connectivity index (χ0v) is 8.64. The SMILES string of the molecule is COCCN1CC(CCC(=O)O)OC1=O. The van der Waals surface area contributed by atoms with E-state index in [4.69, 9.17) is 14.6 Å². The fourth-order valence-electron chi connectivity index (χ4n) is 1.39. The summed E-state index contributed by atoms with van der Waals surface area (Å²) in [6.45, 7) is 1.40. The Labute approximate surface area is 87.8 Å². The van der Waals surface area contributed by atoms with Crippen LogP contribution in [0.15, 0.2) is 0 Å². The van der Waals surface area contributed by atoms with Crippen molar-refractivity contribution in [1.82, 2.24) is 4.90 Å². The summed E-state index contributed by atoms with van der Waals surface area (Å²) in [6, 6.07) is 0. The van der Waals surface area contributed by atoms with Crippen LogP contribution in [-0.2, 0) is 14.3 Å². The number of nitrogens with zero attached hydrogens (tertiary/aromatic N) is 1. The van der Waals surface area contributed by atoms with E-state index in [1.54, 1.807) is 7.11 Å². The average molecular weight is 217 g/mol. The molecule has 6 heteroatoms. The number of carbonyl (C=O) groups is 2. The summed E-state index contributed by atoms with van der Waals surface area (Å²) in [5.74, 6) is -0.874. The van der Waals surface area contributed by atoms with Gasteiger partial charge in [0, 0.05) is 20.1 Å². The van der Waals surface area contributed by atoms with Gasteiger partial charge in [-0.2, -0.15) is 0 Å². The Bertz CT molecular complexity index is 243. The third-order valence-electron chi connectivity index (χ3n) is 2.20. The number of carboxylic acid groups (broad SMARTS) is 1. The van der Waals surface area contributed by atoms with E-state index in [1.807, 2.05) is 0 Å². The summed E-state index contributed by atoms with van der Waals surface area (Å²) in [6.07, 6.45) is -0.298. The van der Waals surface area contributed by atoms with Gasteiger partial charge in [0.1, 0.15) is 6.10 Å². The molecule has 1 atom stereocenters. The molecule has 0 aromatic carbocycles. The summed E-state index contributed by atoms with van der Waals surface area (Å²) in [4.78, 5) is 23.1. The summed E-state index contributed by atoms with van der Waals surface area (Å²) in [5, 5.41) is 8.47. The van der Waals surface area contributed by atoms with Gasteiger partial charge in [-0.1, -0.05) is 0 Å². The molecule has 1 aliphatic rings. The number of carbonyl (C=O) groups excluding carboxylic acids is 1. The number of ether oxygens (including phenoxy) is 2. The fraction of sp³-hybridized carbons (Fsp3) is 0.778. The average Bonchev–Trinajstić information content (AvgIpc) is 2.53. The summed E-state index contributed by atoms with van der Waals surface area (Å²) in [5.41, 5.74) is 0. The van der Waals surface area contributed by atoms with Crippen molar-refractivity contribution >= 4 is 12.1 Å². The Hall–Kier alpha value is -1.30. The van der Waals surface area contributed by atoms with Crippen LogP contribution in [0.2, 0.25) is 0 Å². The number of carboxylic acids is 1. The van der Waals surface area contributed by atoms with Crippen LogP contribution in [0.25, 0.3) is 0 Å². The number of hydrogen-bond donors (Lipinski definition) is 1. The predicted molar refractivity (Wildman–Crippen MR) is 50.6 cm³/mol. The van der Waals surface area contributed by atoms with Crippen LogP contribution in [0.4, 0.5) is 4.79 Å². The van der Waals surface area contributed by atoms with E-state index in [2.05, 4.69) is 0 Å². The lowest BCUT2D eigenvalue weighted by Crippen LogP contribution is -2.28. The van der Waals surface area contributed by atoms with E-state index in [0.29, 0.717) is 26.1 Å². The number of rotatable bonds is 6. The van der Waals surface area contributed by atoms with Crippen LogP contribution in [0.3, 0.4) is 0 Å². The van der Waals surface area contributed by atoms with Crippen molar-refractivity contribution in [2.45, 2.75) is 18.9 Å². The lowest BCUT2D eigenvalue weighted by Gasteiger charge is -2.11. The molecule has 1 amide bonds. The van der Waals surface area contributed by atoms with Crippen LogP contribution in [0.5, 0.6) is 0 Å². The van der Waals surface area contributed by atoms with Crippen molar-refractivity contribution in [3.63, 3.8) is 0 Å². The summed E-state index contributed by atoms with van der Waals surface area (Å²) in [7, 11) is 1.56. The monoisotopic (exact) mass is 217 g/mol. The Kier molecular flexibility index (Phi) is 4.36. The first kappa shape index (κ1) is 11.8. The van der Waals surface area contributed by atoms with Gasteiger partial charge in [-0.3, -0.25) is 4.79 Å². The molecule has 1 heterocycles. The van der Waals surface area contributed by atoms with Gasteiger partial charge in [-0.15, -0.1) is 0 Å². The first-order valence-electron chi connectivity index (χ1n) is 4.79. The van der Waals surface area contributed by atoms with Crippen molar-refractivity contribution in [1.29, 1.82) is 0 Å². The zero-order chi connectivity index (χ0) is 11.3. The minimum atomic E-state index is -0.874. The van der Waals surface area contributed by atoms with Gasteiger partial charge in [-0.25, -0.2) is 4.79 Å². The molecule has 0 aromatic rings. The zero-order valence-electron chi connectivity index (χ0n) is 8.64. The van der Waals surface area contributed by atoms with Gasteiger partial charge in [0.15, 0.2) is 0 Å². The molecule has 0 aliphatic carbocycles. The highest BCUT2D eigenvalue weighted by Gasteiger charge is 2.30. The Morgan fingerprint density at radius 2 is 2.47 bits per heavy atom. The van der Waals surface area contributed by atoms with Crippen LogP contribution in [0.1, 0.15) is 12.8 Å². The van der Waals surface area contributed by atoms with Crippen molar-refractivity contribution in [3.05, 3.63) is 0 Å². The molecule has 0 bridgehead atoms. The molecule has 1 fully saturated rings. The fourth-order valence-corrected chi connectivity index (χ4v) is 1.39. The van der Waals surface area contributed by atoms with Crippen LogP contribution < -0.4 is 0 Å². The molecular weight excluding hydrogens is 202 g/mol. The highest BCUT2D eigenvalue weighted by atomic mass is 16.6. The standard InChI is InChI=1S/C9H15NO5/c1-14-5-4-10-6-7(15-9(10)13)2-3-8(11)12/h7H,2-6H2,1H3,(H,11,12). The van der Waals surface area contributed by atoms with Gasteiger partial charge < -0.3 is 19.5 Å². The maximum atomic E-state index is 11.2. The Morgan fingerprint density at radius 1 is 1.73 bits per heavy atom. The quantitative estimate of drug-likeness (QED) is 0.693. The number of aliphatic carboxylic acids is 1. The highest BCUT2D eigenvalue weighted by Crippen LogP contribution is 2.15.